The summed E-state index contributed by atoms with van der Waals surface area (Å²) in [4.78, 5) is 6.76. The van der Waals surface area contributed by atoms with E-state index in [2.05, 4.69) is 23.9 Å². The number of nitrogens with two attached hydrogens (primary N) is 1. The zero-order valence-electron chi connectivity index (χ0n) is 12.0. The molecule has 1 aromatic rings. The van der Waals surface area contributed by atoms with Crippen LogP contribution in [0.5, 0.6) is 5.75 Å². The van der Waals surface area contributed by atoms with E-state index in [9.17, 15) is 0 Å². The summed E-state index contributed by atoms with van der Waals surface area (Å²) in [7, 11) is 2.11. The number of anilines is 1. The number of nitrogens with zero attached hydrogens (tertiary/aromatic N) is 2. The molecule has 1 fully saturated rings. The molecule has 1 saturated carbocycles. The van der Waals surface area contributed by atoms with Crippen LogP contribution in [0, 0.1) is 0 Å². The topological polar surface area (TPSA) is 51.4 Å². The maximum atomic E-state index is 5.97. The van der Waals surface area contributed by atoms with Crippen LogP contribution in [0.4, 0.5) is 5.82 Å². The number of ether oxygens (including phenoxy) is 1. The predicted molar refractivity (Wildman–Crippen MR) is 78.7 cm³/mol. The van der Waals surface area contributed by atoms with Gasteiger partial charge in [-0.2, -0.15) is 0 Å². The first-order valence-corrected chi connectivity index (χ1v) is 7.28. The van der Waals surface area contributed by atoms with Crippen molar-refractivity contribution in [1.29, 1.82) is 0 Å². The fraction of sp³-hybridized carbons (Fsp3) is 0.667. The van der Waals surface area contributed by atoms with E-state index >= 15 is 0 Å². The maximum absolute atomic E-state index is 5.97. The van der Waals surface area contributed by atoms with Crippen molar-refractivity contribution < 1.29 is 4.74 Å². The minimum Gasteiger partial charge on any atom is -0.490 e. The molecule has 0 spiro atoms. The predicted octanol–water partition coefficient (Wildman–Crippen LogP) is 2.58. The van der Waals surface area contributed by atoms with Gasteiger partial charge in [-0.05, 0) is 44.2 Å². The van der Waals surface area contributed by atoms with Crippen LogP contribution in [-0.4, -0.2) is 30.7 Å². The minimum atomic E-state index is 0.379. The van der Waals surface area contributed by atoms with Gasteiger partial charge in [0.2, 0.25) is 0 Å². The summed E-state index contributed by atoms with van der Waals surface area (Å²) in [5.41, 5.74) is 5.97. The van der Waals surface area contributed by atoms with Crippen LogP contribution in [0.25, 0.3) is 0 Å². The van der Waals surface area contributed by atoms with Crippen molar-refractivity contribution in [2.75, 3.05) is 18.6 Å². The molecule has 0 atom stereocenters. The molecule has 0 saturated heterocycles. The monoisotopic (exact) mass is 263 g/mol. The van der Waals surface area contributed by atoms with E-state index in [1.54, 1.807) is 0 Å². The van der Waals surface area contributed by atoms with Crippen LogP contribution in [0.2, 0.25) is 0 Å². The molecule has 2 N–H and O–H groups in total. The third kappa shape index (κ3) is 3.60. The summed E-state index contributed by atoms with van der Waals surface area (Å²) in [6.07, 6.45) is 7.33. The smallest absolute Gasteiger partial charge is 0.171 e. The molecule has 0 aromatic carbocycles. The number of hydrogen-bond acceptors (Lipinski definition) is 4. The summed E-state index contributed by atoms with van der Waals surface area (Å²) >= 11 is 0. The van der Waals surface area contributed by atoms with E-state index in [1.165, 1.54) is 0 Å². The van der Waals surface area contributed by atoms with Crippen molar-refractivity contribution in [3.05, 3.63) is 18.3 Å². The van der Waals surface area contributed by atoms with E-state index in [1.807, 2.05) is 18.3 Å². The Labute approximate surface area is 116 Å². The highest BCUT2D eigenvalue weighted by Gasteiger charge is 2.24. The van der Waals surface area contributed by atoms with Gasteiger partial charge in [0.25, 0.3) is 0 Å². The largest absolute Gasteiger partial charge is 0.490 e. The second-order valence-electron chi connectivity index (χ2n) is 5.35. The minimum absolute atomic E-state index is 0.379. The molecule has 106 valence electrons. The Kier molecular flexibility index (Phi) is 5.02. The first-order valence-electron chi connectivity index (χ1n) is 7.28. The van der Waals surface area contributed by atoms with Crippen LogP contribution >= 0.6 is 0 Å². The van der Waals surface area contributed by atoms with Crippen molar-refractivity contribution in [3.8, 4) is 5.75 Å². The average molecular weight is 263 g/mol. The molecule has 0 bridgehead atoms. The zero-order valence-corrected chi connectivity index (χ0v) is 12.0. The van der Waals surface area contributed by atoms with Gasteiger partial charge in [-0.3, -0.25) is 0 Å². The molecule has 4 heteroatoms. The van der Waals surface area contributed by atoms with Crippen molar-refractivity contribution >= 4 is 5.82 Å². The highest BCUT2D eigenvalue weighted by Crippen LogP contribution is 2.30. The Morgan fingerprint density at radius 2 is 2.11 bits per heavy atom. The summed E-state index contributed by atoms with van der Waals surface area (Å²) < 4.78 is 5.79. The van der Waals surface area contributed by atoms with Crippen molar-refractivity contribution in [1.82, 2.24) is 4.98 Å². The van der Waals surface area contributed by atoms with Crippen LogP contribution in [0.15, 0.2) is 18.3 Å². The lowest BCUT2D eigenvalue weighted by molar-refractivity contribution is 0.314. The highest BCUT2D eigenvalue weighted by atomic mass is 16.5. The van der Waals surface area contributed by atoms with E-state index in [4.69, 9.17) is 10.5 Å². The van der Waals surface area contributed by atoms with E-state index in [-0.39, 0.29) is 0 Å². The second-order valence-corrected chi connectivity index (χ2v) is 5.35. The van der Waals surface area contributed by atoms with E-state index in [0.29, 0.717) is 12.1 Å². The second kappa shape index (κ2) is 6.75. The number of pyridine rings is 1. The van der Waals surface area contributed by atoms with Gasteiger partial charge in [-0.15, -0.1) is 0 Å². The first kappa shape index (κ1) is 14.1. The Bertz CT molecular complexity index is 389. The standard InChI is InChI=1S/C15H25N3O/c1-3-11-19-14-5-4-10-17-15(14)18(2)13-8-6-12(16)7-9-13/h4-5,10,12-13H,3,6-9,11,16H2,1-2H3. The Balaban J connectivity index is 2.07. The Morgan fingerprint density at radius 1 is 1.37 bits per heavy atom. The molecular formula is C15H25N3O. The van der Waals surface area contributed by atoms with Crippen molar-refractivity contribution in [2.45, 2.75) is 51.1 Å². The van der Waals surface area contributed by atoms with Gasteiger partial charge in [0.15, 0.2) is 11.6 Å². The lowest BCUT2D eigenvalue weighted by atomic mass is 9.91. The first-order chi connectivity index (χ1) is 9.22. The van der Waals surface area contributed by atoms with Gasteiger partial charge >= 0.3 is 0 Å². The summed E-state index contributed by atoms with van der Waals surface area (Å²) in [5, 5.41) is 0. The lowest BCUT2D eigenvalue weighted by Crippen LogP contribution is -2.39. The summed E-state index contributed by atoms with van der Waals surface area (Å²) in [6.45, 7) is 2.85. The third-order valence-corrected chi connectivity index (χ3v) is 3.84. The van der Waals surface area contributed by atoms with Crippen LogP contribution < -0.4 is 15.4 Å². The zero-order chi connectivity index (χ0) is 13.7. The summed E-state index contributed by atoms with van der Waals surface area (Å²) in [6, 6.07) is 4.84. The fourth-order valence-corrected chi connectivity index (χ4v) is 2.63. The van der Waals surface area contributed by atoms with Gasteiger partial charge in [0, 0.05) is 25.3 Å². The van der Waals surface area contributed by atoms with Crippen LogP contribution in [-0.2, 0) is 0 Å². The quantitative estimate of drug-likeness (QED) is 0.887. The molecule has 1 aromatic heterocycles. The maximum Gasteiger partial charge on any atom is 0.171 e. The number of aromatic nitrogens is 1. The highest BCUT2D eigenvalue weighted by molar-refractivity contribution is 5.52. The molecule has 0 aliphatic heterocycles. The molecule has 4 nitrogen and oxygen atoms in total. The summed E-state index contributed by atoms with van der Waals surface area (Å²) in [5.74, 6) is 1.85. The molecule has 0 unspecified atom stereocenters. The van der Waals surface area contributed by atoms with Gasteiger partial charge in [-0.25, -0.2) is 4.98 Å². The van der Waals surface area contributed by atoms with Gasteiger partial charge in [0.1, 0.15) is 0 Å². The Morgan fingerprint density at radius 3 is 2.79 bits per heavy atom. The third-order valence-electron chi connectivity index (χ3n) is 3.84. The number of rotatable bonds is 5. The molecule has 1 aliphatic rings. The van der Waals surface area contributed by atoms with Gasteiger partial charge < -0.3 is 15.4 Å². The Hall–Kier alpha value is -1.29. The van der Waals surface area contributed by atoms with Gasteiger partial charge in [0.05, 0.1) is 6.61 Å². The average Bonchev–Trinajstić information content (AvgIpc) is 2.45. The van der Waals surface area contributed by atoms with E-state index < -0.39 is 0 Å². The molecule has 1 aliphatic carbocycles. The van der Waals surface area contributed by atoms with Gasteiger partial charge in [-0.1, -0.05) is 6.92 Å². The molecule has 1 heterocycles. The van der Waals surface area contributed by atoms with Crippen molar-refractivity contribution in [2.24, 2.45) is 5.73 Å². The molecule has 2 rings (SSSR count). The molecular weight excluding hydrogens is 238 g/mol. The molecule has 19 heavy (non-hydrogen) atoms. The number of hydrogen-bond donors (Lipinski definition) is 1. The fourth-order valence-electron chi connectivity index (χ4n) is 2.63. The van der Waals surface area contributed by atoms with Crippen molar-refractivity contribution in [3.63, 3.8) is 0 Å². The molecule has 0 amide bonds. The SMILES string of the molecule is CCCOc1cccnc1N(C)C1CCC(N)CC1. The molecule has 0 radical (unpaired) electrons. The van der Waals surface area contributed by atoms with Crippen LogP contribution in [0.1, 0.15) is 39.0 Å². The van der Waals surface area contributed by atoms with Crippen LogP contribution in [0.3, 0.4) is 0 Å². The lowest BCUT2D eigenvalue weighted by Gasteiger charge is -2.34. The normalized spacial score (nSPS) is 23.1. The van der Waals surface area contributed by atoms with E-state index in [0.717, 1.165) is 50.3 Å².